The highest BCUT2D eigenvalue weighted by Crippen LogP contribution is 2.29. The van der Waals surface area contributed by atoms with Crippen molar-refractivity contribution >= 4 is 34.6 Å². The molecule has 0 aliphatic heterocycles. The molecule has 0 fully saturated rings. The Balaban J connectivity index is 1.73. The molecule has 0 saturated heterocycles. The molecule has 1 aromatic heterocycles. The van der Waals surface area contributed by atoms with Crippen LogP contribution in [-0.2, 0) is 0 Å². The van der Waals surface area contributed by atoms with Crippen LogP contribution in [0.3, 0.4) is 0 Å². The molecule has 0 aliphatic rings. The van der Waals surface area contributed by atoms with Gasteiger partial charge in [0.2, 0.25) is 0 Å². The van der Waals surface area contributed by atoms with Crippen LogP contribution in [0.2, 0.25) is 0 Å². The van der Waals surface area contributed by atoms with E-state index in [1.54, 1.807) is 31.3 Å². The van der Waals surface area contributed by atoms with E-state index in [2.05, 4.69) is 16.0 Å². The van der Waals surface area contributed by atoms with E-state index in [1.807, 2.05) is 41.8 Å². The van der Waals surface area contributed by atoms with Gasteiger partial charge in [0.15, 0.2) is 0 Å². The van der Waals surface area contributed by atoms with Gasteiger partial charge in [-0.05, 0) is 41.3 Å². The first-order valence-corrected chi connectivity index (χ1v) is 8.58. The maximum absolute atomic E-state index is 12.6. The van der Waals surface area contributed by atoms with Crippen molar-refractivity contribution in [1.29, 1.82) is 0 Å². The molecule has 126 valence electrons. The fraction of sp³-hybridized carbons (Fsp3) is 0.0526. The zero-order chi connectivity index (χ0) is 17.6. The fourth-order valence-corrected chi connectivity index (χ4v) is 3.16. The SMILES string of the molecule is CNC(=O)Nc1ccc(NC(=O)c2sccc2-c2ccccc2)cc1. The van der Waals surface area contributed by atoms with Crippen LogP contribution in [-0.4, -0.2) is 19.0 Å². The Morgan fingerprint density at radius 1 is 0.840 bits per heavy atom. The molecule has 2 aromatic carbocycles. The molecule has 3 N–H and O–H groups in total. The highest BCUT2D eigenvalue weighted by atomic mass is 32.1. The summed E-state index contributed by atoms with van der Waals surface area (Å²) in [4.78, 5) is 24.5. The van der Waals surface area contributed by atoms with Gasteiger partial charge in [-0.25, -0.2) is 4.79 Å². The number of carbonyl (C=O) groups is 2. The van der Waals surface area contributed by atoms with Crippen LogP contribution in [0.1, 0.15) is 9.67 Å². The number of thiophene rings is 1. The number of benzene rings is 2. The maximum Gasteiger partial charge on any atom is 0.318 e. The van der Waals surface area contributed by atoms with Gasteiger partial charge in [0.05, 0.1) is 4.88 Å². The first kappa shape index (κ1) is 16.7. The van der Waals surface area contributed by atoms with Gasteiger partial charge >= 0.3 is 6.03 Å². The lowest BCUT2D eigenvalue weighted by Gasteiger charge is -2.08. The third-order valence-corrected chi connectivity index (χ3v) is 4.50. The molecular formula is C19H17N3O2S. The second-order valence-corrected chi connectivity index (χ2v) is 6.18. The minimum Gasteiger partial charge on any atom is -0.341 e. The Bertz CT molecular complexity index is 873. The molecular weight excluding hydrogens is 334 g/mol. The Hall–Kier alpha value is -3.12. The molecule has 0 atom stereocenters. The number of nitrogens with one attached hydrogen (secondary N) is 3. The van der Waals surface area contributed by atoms with Crippen molar-refractivity contribution in [2.24, 2.45) is 0 Å². The molecule has 0 aliphatic carbocycles. The van der Waals surface area contributed by atoms with Crippen LogP contribution in [0.15, 0.2) is 66.0 Å². The molecule has 3 amide bonds. The summed E-state index contributed by atoms with van der Waals surface area (Å²) in [5, 5.41) is 9.95. The van der Waals surface area contributed by atoms with Crippen LogP contribution in [0.4, 0.5) is 16.2 Å². The molecule has 0 spiro atoms. The fourth-order valence-electron chi connectivity index (χ4n) is 2.35. The van der Waals surface area contributed by atoms with Crippen LogP contribution in [0.5, 0.6) is 0 Å². The van der Waals surface area contributed by atoms with Crippen LogP contribution < -0.4 is 16.0 Å². The van der Waals surface area contributed by atoms with Gasteiger partial charge in [-0.1, -0.05) is 30.3 Å². The van der Waals surface area contributed by atoms with Gasteiger partial charge in [0.1, 0.15) is 0 Å². The summed E-state index contributed by atoms with van der Waals surface area (Å²) < 4.78 is 0. The van der Waals surface area contributed by atoms with E-state index in [-0.39, 0.29) is 11.9 Å². The van der Waals surface area contributed by atoms with E-state index >= 15 is 0 Å². The molecule has 25 heavy (non-hydrogen) atoms. The number of hydrogen-bond acceptors (Lipinski definition) is 3. The molecule has 3 rings (SSSR count). The summed E-state index contributed by atoms with van der Waals surface area (Å²) in [7, 11) is 1.55. The van der Waals surface area contributed by atoms with E-state index < -0.39 is 0 Å². The first-order valence-electron chi connectivity index (χ1n) is 7.70. The number of anilines is 2. The number of amides is 3. The van der Waals surface area contributed by atoms with Crippen molar-refractivity contribution in [3.8, 4) is 11.1 Å². The Labute approximate surface area is 149 Å². The third kappa shape index (κ3) is 4.05. The highest BCUT2D eigenvalue weighted by Gasteiger charge is 2.14. The lowest BCUT2D eigenvalue weighted by Crippen LogP contribution is -2.24. The normalized spacial score (nSPS) is 10.1. The largest absolute Gasteiger partial charge is 0.341 e. The average Bonchev–Trinajstić information content (AvgIpc) is 3.14. The van der Waals surface area contributed by atoms with Crippen molar-refractivity contribution in [2.75, 3.05) is 17.7 Å². The number of urea groups is 1. The van der Waals surface area contributed by atoms with Crippen molar-refractivity contribution in [1.82, 2.24) is 5.32 Å². The van der Waals surface area contributed by atoms with Crippen molar-refractivity contribution in [3.05, 3.63) is 70.9 Å². The third-order valence-electron chi connectivity index (χ3n) is 3.58. The summed E-state index contributed by atoms with van der Waals surface area (Å²) in [6, 6.07) is 18.4. The van der Waals surface area contributed by atoms with E-state index in [9.17, 15) is 9.59 Å². The molecule has 0 bridgehead atoms. The number of carbonyl (C=O) groups excluding carboxylic acids is 2. The van der Waals surface area contributed by atoms with E-state index in [0.29, 0.717) is 16.3 Å². The molecule has 5 nitrogen and oxygen atoms in total. The Morgan fingerprint density at radius 3 is 2.12 bits per heavy atom. The summed E-state index contributed by atoms with van der Waals surface area (Å²) in [6.07, 6.45) is 0. The highest BCUT2D eigenvalue weighted by molar-refractivity contribution is 7.12. The van der Waals surface area contributed by atoms with Crippen LogP contribution >= 0.6 is 11.3 Å². The predicted molar refractivity (Wildman–Crippen MR) is 102 cm³/mol. The second kappa shape index (κ2) is 7.63. The summed E-state index contributed by atoms with van der Waals surface area (Å²) in [6.45, 7) is 0. The lowest BCUT2D eigenvalue weighted by atomic mass is 10.1. The zero-order valence-corrected chi connectivity index (χ0v) is 14.4. The van der Waals surface area contributed by atoms with E-state index in [1.165, 1.54) is 11.3 Å². The summed E-state index contributed by atoms with van der Waals surface area (Å²) in [5.74, 6) is -0.152. The molecule has 0 unspecified atom stereocenters. The Kier molecular flexibility index (Phi) is 5.11. The monoisotopic (exact) mass is 351 g/mol. The molecule has 0 radical (unpaired) electrons. The van der Waals surface area contributed by atoms with Crippen LogP contribution in [0, 0.1) is 0 Å². The molecule has 3 aromatic rings. The van der Waals surface area contributed by atoms with Crippen molar-refractivity contribution in [3.63, 3.8) is 0 Å². The molecule has 6 heteroatoms. The Morgan fingerprint density at radius 2 is 1.48 bits per heavy atom. The number of rotatable bonds is 4. The summed E-state index contributed by atoms with van der Waals surface area (Å²) in [5.41, 5.74) is 3.25. The maximum atomic E-state index is 12.6. The average molecular weight is 351 g/mol. The molecule has 0 saturated carbocycles. The quantitative estimate of drug-likeness (QED) is 0.651. The van der Waals surface area contributed by atoms with Gasteiger partial charge in [0.25, 0.3) is 5.91 Å². The van der Waals surface area contributed by atoms with Gasteiger partial charge in [-0.2, -0.15) is 0 Å². The van der Waals surface area contributed by atoms with E-state index in [0.717, 1.165) is 11.1 Å². The van der Waals surface area contributed by atoms with Gasteiger partial charge in [-0.15, -0.1) is 11.3 Å². The molecule has 1 heterocycles. The minimum absolute atomic E-state index is 0.152. The van der Waals surface area contributed by atoms with Crippen molar-refractivity contribution in [2.45, 2.75) is 0 Å². The standard InChI is InChI=1S/C19H17N3O2S/c1-20-19(24)22-15-9-7-14(8-10-15)21-18(23)17-16(11-12-25-17)13-5-3-2-4-6-13/h2-12H,1H3,(H,21,23)(H2,20,22,24). The topological polar surface area (TPSA) is 70.2 Å². The van der Waals surface area contributed by atoms with E-state index in [4.69, 9.17) is 0 Å². The second-order valence-electron chi connectivity index (χ2n) is 5.27. The lowest BCUT2D eigenvalue weighted by molar-refractivity contribution is 0.103. The van der Waals surface area contributed by atoms with Crippen molar-refractivity contribution < 1.29 is 9.59 Å². The van der Waals surface area contributed by atoms with Gasteiger partial charge in [-0.3, -0.25) is 4.79 Å². The first-order chi connectivity index (χ1) is 12.2. The minimum atomic E-state index is -0.289. The van der Waals surface area contributed by atoms with Gasteiger partial charge < -0.3 is 16.0 Å². The zero-order valence-electron chi connectivity index (χ0n) is 13.6. The summed E-state index contributed by atoms with van der Waals surface area (Å²) >= 11 is 1.41. The number of hydrogen-bond donors (Lipinski definition) is 3. The predicted octanol–water partition coefficient (Wildman–Crippen LogP) is 4.42. The van der Waals surface area contributed by atoms with Crippen LogP contribution in [0.25, 0.3) is 11.1 Å². The smallest absolute Gasteiger partial charge is 0.318 e. The van der Waals surface area contributed by atoms with Gasteiger partial charge in [0, 0.05) is 24.0 Å².